The number of hydrogen-bond acceptors (Lipinski definition) is 4. The number of morpholine rings is 1. The van der Waals surface area contributed by atoms with Gasteiger partial charge in [-0.2, -0.15) is 4.31 Å². The number of carbonyl (C=O) groups excluding carboxylic acids is 1. The first-order valence-electron chi connectivity index (χ1n) is 9.11. The number of hydrogen-bond donors (Lipinski definition) is 1. The van der Waals surface area contributed by atoms with Crippen molar-refractivity contribution in [2.24, 2.45) is 5.92 Å². The van der Waals surface area contributed by atoms with Gasteiger partial charge in [-0.3, -0.25) is 4.79 Å². The van der Waals surface area contributed by atoms with Crippen molar-refractivity contribution in [1.29, 1.82) is 0 Å². The molecule has 144 valence electrons. The fourth-order valence-corrected chi connectivity index (χ4v) is 4.15. The van der Waals surface area contributed by atoms with Crippen LogP contribution in [0.1, 0.15) is 32.3 Å². The zero-order valence-corrected chi connectivity index (χ0v) is 16.3. The predicted molar refractivity (Wildman–Crippen MR) is 102 cm³/mol. The minimum absolute atomic E-state index is 0.137. The zero-order valence-electron chi connectivity index (χ0n) is 15.5. The molecule has 0 unspecified atom stereocenters. The largest absolute Gasteiger partial charge is 0.379 e. The quantitative estimate of drug-likeness (QED) is 0.702. The SMILES string of the molecule is CCC(CC)CNC(=O)/C=C/c1ccc(S(=O)(=O)N2CCOCC2)cc1. The van der Waals surface area contributed by atoms with Crippen LogP contribution in [0.4, 0.5) is 0 Å². The molecule has 26 heavy (non-hydrogen) atoms. The van der Waals surface area contributed by atoms with Gasteiger partial charge in [-0.15, -0.1) is 0 Å². The first-order chi connectivity index (χ1) is 12.5. The lowest BCUT2D eigenvalue weighted by molar-refractivity contribution is -0.116. The number of sulfonamides is 1. The third-order valence-electron chi connectivity index (χ3n) is 4.63. The Morgan fingerprint density at radius 1 is 1.19 bits per heavy atom. The Labute approximate surface area is 156 Å². The zero-order chi connectivity index (χ0) is 19.0. The first kappa shape index (κ1) is 20.6. The minimum atomic E-state index is -3.48. The van der Waals surface area contributed by atoms with Crippen molar-refractivity contribution in [3.8, 4) is 0 Å². The lowest BCUT2D eigenvalue weighted by Crippen LogP contribution is -2.40. The maximum Gasteiger partial charge on any atom is 0.244 e. The van der Waals surface area contributed by atoms with Gasteiger partial charge in [0.2, 0.25) is 15.9 Å². The molecule has 0 saturated carbocycles. The molecule has 1 aromatic carbocycles. The average Bonchev–Trinajstić information content (AvgIpc) is 2.68. The summed E-state index contributed by atoms with van der Waals surface area (Å²) in [5, 5.41) is 2.89. The fraction of sp³-hybridized carbons (Fsp3) is 0.526. The third-order valence-corrected chi connectivity index (χ3v) is 6.55. The third kappa shape index (κ3) is 5.65. The van der Waals surface area contributed by atoms with Crippen LogP contribution in [0.3, 0.4) is 0 Å². The van der Waals surface area contributed by atoms with E-state index in [9.17, 15) is 13.2 Å². The van der Waals surface area contributed by atoms with Gasteiger partial charge in [-0.05, 0) is 29.7 Å². The smallest absolute Gasteiger partial charge is 0.244 e. The molecule has 1 fully saturated rings. The van der Waals surface area contributed by atoms with Crippen LogP contribution in [0.2, 0.25) is 0 Å². The molecule has 0 radical (unpaired) electrons. The Hall–Kier alpha value is -1.70. The summed E-state index contributed by atoms with van der Waals surface area (Å²) in [6.07, 6.45) is 5.25. The van der Waals surface area contributed by atoms with E-state index in [1.165, 1.54) is 10.4 Å². The topological polar surface area (TPSA) is 75.7 Å². The number of carbonyl (C=O) groups is 1. The molecular weight excluding hydrogens is 352 g/mol. The summed E-state index contributed by atoms with van der Waals surface area (Å²) in [6, 6.07) is 6.56. The molecule has 6 nitrogen and oxygen atoms in total. The Balaban J connectivity index is 1.95. The van der Waals surface area contributed by atoms with Crippen LogP contribution >= 0.6 is 0 Å². The van der Waals surface area contributed by atoms with Crippen LogP contribution in [-0.2, 0) is 19.6 Å². The van der Waals surface area contributed by atoms with Gasteiger partial charge in [0.1, 0.15) is 0 Å². The summed E-state index contributed by atoms with van der Waals surface area (Å²) in [5.74, 6) is 0.360. The number of nitrogens with one attached hydrogen (secondary N) is 1. The summed E-state index contributed by atoms with van der Waals surface area (Å²) in [6.45, 7) is 6.50. The molecule has 0 spiro atoms. The van der Waals surface area contributed by atoms with Crippen LogP contribution in [0.25, 0.3) is 6.08 Å². The Morgan fingerprint density at radius 3 is 2.38 bits per heavy atom. The second-order valence-corrected chi connectivity index (χ2v) is 8.28. The van der Waals surface area contributed by atoms with Gasteiger partial charge in [-0.25, -0.2) is 8.42 Å². The highest BCUT2D eigenvalue weighted by atomic mass is 32.2. The van der Waals surface area contributed by atoms with Crippen molar-refractivity contribution < 1.29 is 17.9 Å². The maximum absolute atomic E-state index is 12.6. The van der Waals surface area contributed by atoms with Crippen molar-refractivity contribution in [3.63, 3.8) is 0 Å². The average molecular weight is 381 g/mol. The van der Waals surface area contributed by atoms with Crippen molar-refractivity contribution >= 4 is 22.0 Å². The van der Waals surface area contributed by atoms with Gasteiger partial charge >= 0.3 is 0 Å². The van der Waals surface area contributed by atoms with E-state index in [4.69, 9.17) is 4.74 Å². The molecule has 0 aromatic heterocycles. The van der Waals surface area contributed by atoms with E-state index in [0.717, 1.165) is 18.4 Å². The second kappa shape index (κ2) is 9.85. The van der Waals surface area contributed by atoms with E-state index in [1.807, 2.05) is 0 Å². The van der Waals surface area contributed by atoms with Crippen LogP contribution < -0.4 is 5.32 Å². The number of amides is 1. The Morgan fingerprint density at radius 2 is 1.81 bits per heavy atom. The molecule has 0 aliphatic carbocycles. The van der Waals surface area contributed by atoms with Gasteiger partial charge in [-0.1, -0.05) is 38.8 Å². The fourth-order valence-electron chi connectivity index (χ4n) is 2.74. The van der Waals surface area contributed by atoms with E-state index in [1.54, 1.807) is 30.3 Å². The second-order valence-electron chi connectivity index (χ2n) is 6.35. The van der Waals surface area contributed by atoms with Gasteiger partial charge < -0.3 is 10.1 Å². The van der Waals surface area contributed by atoms with Gasteiger partial charge in [0.05, 0.1) is 18.1 Å². The van der Waals surface area contributed by atoms with Crippen LogP contribution in [0, 0.1) is 5.92 Å². The van der Waals surface area contributed by atoms with Crippen LogP contribution in [0.5, 0.6) is 0 Å². The molecule has 1 aliphatic rings. The molecule has 2 rings (SSSR count). The number of rotatable bonds is 8. The van der Waals surface area contributed by atoms with Crippen molar-refractivity contribution in [1.82, 2.24) is 9.62 Å². The highest BCUT2D eigenvalue weighted by Gasteiger charge is 2.25. The molecule has 1 aromatic rings. The van der Waals surface area contributed by atoms with E-state index in [2.05, 4.69) is 19.2 Å². The maximum atomic E-state index is 12.6. The normalized spacial score (nSPS) is 16.3. The van der Waals surface area contributed by atoms with Crippen LogP contribution in [-0.4, -0.2) is 51.5 Å². The number of benzene rings is 1. The van der Waals surface area contributed by atoms with Crippen LogP contribution in [0.15, 0.2) is 35.2 Å². The number of ether oxygens (including phenoxy) is 1. The standard InChI is InChI=1S/C19H28N2O4S/c1-3-16(4-2)15-20-19(22)10-7-17-5-8-18(9-6-17)26(23,24)21-11-13-25-14-12-21/h5-10,16H,3-4,11-15H2,1-2H3,(H,20,22)/b10-7+. The summed E-state index contributed by atoms with van der Waals surface area (Å²) in [4.78, 5) is 12.1. The first-order valence-corrected chi connectivity index (χ1v) is 10.5. The summed E-state index contributed by atoms with van der Waals surface area (Å²) in [5.41, 5.74) is 0.781. The highest BCUT2D eigenvalue weighted by Crippen LogP contribution is 2.18. The monoisotopic (exact) mass is 380 g/mol. The molecule has 1 amide bonds. The van der Waals surface area contributed by atoms with Crippen molar-refractivity contribution in [2.45, 2.75) is 31.6 Å². The highest BCUT2D eigenvalue weighted by molar-refractivity contribution is 7.89. The molecular formula is C19H28N2O4S. The van der Waals surface area contributed by atoms with Crippen molar-refractivity contribution in [2.75, 3.05) is 32.8 Å². The summed E-state index contributed by atoms with van der Waals surface area (Å²) >= 11 is 0. The van der Waals surface area contributed by atoms with E-state index in [0.29, 0.717) is 38.8 Å². The molecule has 1 heterocycles. The Kier molecular flexibility index (Phi) is 7.81. The minimum Gasteiger partial charge on any atom is -0.379 e. The molecule has 1 N–H and O–H groups in total. The molecule has 0 bridgehead atoms. The van der Waals surface area contributed by atoms with Gasteiger partial charge in [0.15, 0.2) is 0 Å². The molecule has 0 atom stereocenters. The van der Waals surface area contributed by atoms with Gasteiger partial charge in [0, 0.05) is 25.7 Å². The van der Waals surface area contributed by atoms with Crippen molar-refractivity contribution in [3.05, 3.63) is 35.9 Å². The summed E-state index contributed by atoms with van der Waals surface area (Å²) < 4.78 is 31.8. The van der Waals surface area contributed by atoms with E-state index < -0.39 is 10.0 Å². The lowest BCUT2D eigenvalue weighted by atomic mass is 10.0. The summed E-state index contributed by atoms with van der Waals surface area (Å²) in [7, 11) is -3.48. The van der Waals surface area contributed by atoms with E-state index >= 15 is 0 Å². The molecule has 7 heteroatoms. The predicted octanol–water partition coefficient (Wildman–Crippen LogP) is 2.27. The Bertz CT molecular complexity index is 704. The van der Waals surface area contributed by atoms with Gasteiger partial charge in [0.25, 0.3) is 0 Å². The lowest BCUT2D eigenvalue weighted by Gasteiger charge is -2.26. The number of nitrogens with zero attached hydrogens (tertiary/aromatic N) is 1. The molecule has 1 aliphatic heterocycles. The van der Waals surface area contributed by atoms with E-state index in [-0.39, 0.29) is 10.8 Å². The molecule has 1 saturated heterocycles.